The third-order valence-corrected chi connectivity index (χ3v) is 5.08. The molecule has 0 saturated carbocycles. The van der Waals surface area contributed by atoms with Crippen LogP contribution in [0.2, 0.25) is 4.47 Å². The molecule has 2 aromatic heterocycles. The molecule has 0 aliphatic heterocycles. The predicted octanol–water partition coefficient (Wildman–Crippen LogP) is 4.71. The van der Waals surface area contributed by atoms with Gasteiger partial charge in [-0.3, -0.25) is 4.79 Å². The fourth-order valence-electron chi connectivity index (χ4n) is 2.81. The van der Waals surface area contributed by atoms with Crippen molar-refractivity contribution in [3.05, 3.63) is 67.7 Å². The van der Waals surface area contributed by atoms with E-state index in [9.17, 15) is 4.79 Å². The van der Waals surface area contributed by atoms with E-state index in [-0.39, 0.29) is 5.43 Å². The van der Waals surface area contributed by atoms with E-state index in [0.717, 1.165) is 27.2 Å². The summed E-state index contributed by atoms with van der Waals surface area (Å²) < 4.78 is 0.527. The minimum Gasteiger partial charge on any atom is -0.378 e. The molecule has 0 aliphatic carbocycles. The zero-order valence-electron chi connectivity index (χ0n) is 12.9. The maximum atomic E-state index is 12.8. The Morgan fingerprint density at radius 1 is 1.25 bits per heavy atom. The first kappa shape index (κ1) is 15.2. The van der Waals surface area contributed by atoms with Gasteiger partial charge in [-0.1, -0.05) is 29.3 Å². The highest BCUT2D eigenvalue weighted by Gasteiger charge is 2.09. The summed E-state index contributed by atoms with van der Waals surface area (Å²) in [7, 11) is 0. The van der Waals surface area contributed by atoms with Gasteiger partial charge >= 0.3 is 0 Å². The summed E-state index contributed by atoms with van der Waals surface area (Å²) in [5.74, 6) is 0. The zero-order chi connectivity index (χ0) is 16.7. The van der Waals surface area contributed by atoms with Crippen molar-refractivity contribution >= 4 is 50.4 Å². The summed E-state index contributed by atoms with van der Waals surface area (Å²) in [6.45, 7) is 2.60. The highest BCUT2D eigenvalue weighted by Crippen LogP contribution is 2.24. The normalized spacial score (nSPS) is 11.2. The van der Waals surface area contributed by atoms with Crippen LogP contribution in [0.25, 0.3) is 21.8 Å². The molecule has 2 N–H and O–H groups in total. The van der Waals surface area contributed by atoms with Gasteiger partial charge in [0.2, 0.25) is 0 Å². The molecular weight excluding hydrogens is 342 g/mol. The number of aromatic nitrogens is 2. The lowest BCUT2D eigenvalue weighted by Crippen LogP contribution is -2.07. The standard InChI is InChI=1S/C18H14ClN3OS/c1-10-5-6-14-13(7-10)17(23)12-3-2-4-15(16(12)22-14)20-8-11-9-21-18(19)24-11/h2-7,9,20H,8H2,1H3,(H,22,23). The Morgan fingerprint density at radius 3 is 2.92 bits per heavy atom. The Hall–Kier alpha value is -2.37. The van der Waals surface area contributed by atoms with Gasteiger partial charge < -0.3 is 10.3 Å². The number of para-hydroxylation sites is 1. The van der Waals surface area contributed by atoms with Crippen LogP contribution in [0, 0.1) is 6.92 Å². The smallest absolute Gasteiger partial charge is 0.197 e. The van der Waals surface area contributed by atoms with Crippen LogP contribution in [0.3, 0.4) is 0 Å². The molecule has 2 heterocycles. The van der Waals surface area contributed by atoms with Crippen LogP contribution in [0.5, 0.6) is 0 Å². The number of H-pyrrole nitrogens is 1. The molecule has 6 heteroatoms. The zero-order valence-corrected chi connectivity index (χ0v) is 14.5. The third-order valence-electron chi connectivity index (χ3n) is 3.97. The molecule has 0 amide bonds. The van der Waals surface area contributed by atoms with Gasteiger partial charge in [0.1, 0.15) is 0 Å². The van der Waals surface area contributed by atoms with Gasteiger partial charge in [-0.2, -0.15) is 0 Å². The van der Waals surface area contributed by atoms with Crippen molar-refractivity contribution in [1.29, 1.82) is 0 Å². The lowest BCUT2D eigenvalue weighted by molar-refractivity contribution is 1.18. The monoisotopic (exact) mass is 355 g/mol. The summed E-state index contributed by atoms with van der Waals surface area (Å²) in [5, 5.41) is 4.76. The van der Waals surface area contributed by atoms with Gasteiger partial charge in [0.25, 0.3) is 0 Å². The lowest BCUT2D eigenvalue weighted by atomic mass is 10.1. The van der Waals surface area contributed by atoms with Crippen LogP contribution in [-0.4, -0.2) is 9.97 Å². The number of anilines is 1. The second-order valence-corrected chi connectivity index (χ2v) is 7.36. The first-order chi connectivity index (χ1) is 11.6. The fourth-order valence-corrected chi connectivity index (χ4v) is 3.72. The van der Waals surface area contributed by atoms with Crippen LogP contribution in [0.4, 0.5) is 5.69 Å². The molecule has 2 aromatic carbocycles. The van der Waals surface area contributed by atoms with Gasteiger partial charge in [-0.05, 0) is 31.2 Å². The number of fused-ring (bicyclic) bond motifs is 2. The van der Waals surface area contributed by atoms with Gasteiger partial charge in [0.15, 0.2) is 9.90 Å². The molecule has 0 atom stereocenters. The highest BCUT2D eigenvalue weighted by molar-refractivity contribution is 7.15. The molecule has 0 fully saturated rings. The first-order valence-corrected chi connectivity index (χ1v) is 8.71. The van der Waals surface area contributed by atoms with Crippen molar-refractivity contribution < 1.29 is 0 Å². The van der Waals surface area contributed by atoms with Crippen LogP contribution < -0.4 is 10.7 Å². The summed E-state index contributed by atoms with van der Waals surface area (Å²) in [4.78, 5) is 21.3. The second-order valence-electron chi connectivity index (χ2n) is 5.66. The quantitative estimate of drug-likeness (QED) is 0.523. The van der Waals surface area contributed by atoms with E-state index in [1.165, 1.54) is 11.3 Å². The van der Waals surface area contributed by atoms with Crippen LogP contribution in [0.15, 0.2) is 47.4 Å². The van der Waals surface area contributed by atoms with Crippen LogP contribution >= 0.6 is 22.9 Å². The second kappa shape index (κ2) is 5.92. The third kappa shape index (κ3) is 2.66. The van der Waals surface area contributed by atoms with E-state index in [4.69, 9.17) is 11.6 Å². The van der Waals surface area contributed by atoms with E-state index in [0.29, 0.717) is 21.8 Å². The molecule has 120 valence electrons. The van der Waals surface area contributed by atoms with Crippen LogP contribution in [0.1, 0.15) is 10.4 Å². The SMILES string of the molecule is Cc1ccc2[nH]c3c(NCc4cnc(Cl)s4)cccc3c(=O)c2c1. The summed E-state index contributed by atoms with van der Waals surface area (Å²) >= 11 is 7.31. The maximum Gasteiger partial charge on any atom is 0.197 e. The number of nitrogens with one attached hydrogen (secondary N) is 2. The molecule has 0 saturated heterocycles. The largest absolute Gasteiger partial charge is 0.378 e. The van der Waals surface area contributed by atoms with E-state index in [1.807, 2.05) is 43.3 Å². The molecule has 4 aromatic rings. The summed E-state index contributed by atoms with van der Waals surface area (Å²) in [6.07, 6.45) is 1.76. The first-order valence-electron chi connectivity index (χ1n) is 7.51. The van der Waals surface area contributed by atoms with Crippen molar-refractivity contribution in [3.63, 3.8) is 0 Å². The molecule has 0 aliphatic rings. The van der Waals surface area contributed by atoms with Crippen molar-refractivity contribution in [3.8, 4) is 0 Å². The number of thiazole rings is 1. The number of hydrogen-bond donors (Lipinski definition) is 2. The van der Waals surface area contributed by atoms with Crippen molar-refractivity contribution in [2.24, 2.45) is 0 Å². The lowest BCUT2D eigenvalue weighted by Gasteiger charge is -2.10. The molecule has 0 radical (unpaired) electrons. The fraction of sp³-hybridized carbons (Fsp3) is 0.111. The molecule has 4 rings (SSSR count). The van der Waals surface area contributed by atoms with E-state index in [1.54, 1.807) is 6.20 Å². The van der Waals surface area contributed by atoms with Crippen molar-refractivity contribution in [1.82, 2.24) is 9.97 Å². The molecule has 0 spiro atoms. The van der Waals surface area contributed by atoms with Gasteiger partial charge in [-0.15, -0.1) is 11.3 Å². The molecule has 0 bridgehead atoms. The molecule has 0 unspecified atom stereocenters. The number of benzene rings is 2. The van der Waals surface area contributed by atoms with Gasteiger partial charge in [0, 0.05) is 27.4 Å². The Bertz CT molecular complexity index is 1120. The number of aromatic amines is 1. The van der Waals surface area contributed by atoms with E-state index >= 15 is 0 Å². The topological polar surface area (TPSA) is 57.8 Å². The molecule has 4 nitrogen and oxygen atoms in total. The van der Waals surface area contributed by atoms with Gasteiger partial charge in [0.05, 0.1) is 17.7 Å². The Balaban J connectivity index is 1.83. The van der Waals surface area contributed by atoms with Crippen LogP contribution in [-0.2, 0) is 6.54 Å². The number of rotatable bonds is 3. The average molecular weight is 356 g/mol. The number of hydrogen-bond acceptors (Lipinski definition) is 4. The average Bonchev–Trinajstić information content (AvgIpc) is 2.99. The van der Waals surface area contributed by atoms with E-state index < -0.39 is 0 Å². The maximum absolute atomic E-state index is 12.8. The van der Waals surface area contributed by atoms with Crippen molar-refractivity contribution in [2.45, 2.75) is 13.5 Å². The predicted molar refractivity (Wildman–Crippen MR) is 101 cm³/mol. The molecular formula is C18H14ClN3OS. The number of aryl methyl sites for hydroxylation is 1. The molecule has 24 heavy (non-hydrogen) atoms. The number of pyridine rings is 1. The summed E-state index contributed by atoms with van der Waals surface area (Å²) in [5.41, 5.74) is 3.66. The van der Waals surface area contributed by atoms with Crippen molar-refractivity contribution in [2.75, 3.05) is 5.32 Å². The van der Waals surface area contributed by atoms with E-state index in [2.05, 4.69) is 15.3 Å². The Kier molecular flexibility index (Phi) is 3.75. The van der Waals surface area contributed by atoms with Gasteiger partial charge in [-0.25, -0.2) is 4.98 Å². The minimum atomic E-state index is 0.0481. The number of nitrogens with zero attached hydrogens (tertiary/aromatic N) is 1. The highest BCUT2D eigenvalue weighted by atomic mass is 35.5. The number of halogens is 1. The summed E-state index contributed by atoms with van der Waals surface area (Å²) in [6, 6.07) is 11.6. The Morgan fingerprint density at radius 2 is 2.12 bits per heavy atom. The Labute approximate surface area is 147 Å². The minimum absolute atomic E-state index is 0.0481.